The van der Waals surface area contributed by atoms with Crippen LogP contribution in [0.25, 0.3) is 0 Å². The van der Waals surface area contributed by atoms with Crippen molar-refractivity contribution < 1.29 is 23.1 Å². The molecule has 1 heterocycles. The molecule has 6 nitrogen and oxygen atoms in total. The van der Waals surface area contributed by atoms with Crippen molar-refractivity contribution in [1.82, 2.24) is 10.6 Å². The normalized spacial score (nSPS) is 18.9. The van der Waals surface area contributed by atoms with Gasteiger partial charge in [0.1, 0.15) is 17.5 Å². The summed E-state index contributed by atoms with van der Waals surface area (Å²) in [5.74, 6) is -1.91. The van der Waals surface area contributed by atoms with Gasteiger partial charge in [0.15, 0.2) is 5.54 Å². The van der Waals surface area contributed by atoms with Crippen molar-refractivity contribution in [2.45, 2.75) is 31.3 Å². The third kappa shape index (κ3) is 5.00. The predicted molar refractivity (Wildman–Crippen MR) is 108 cm³/mol. The molecule has 158 valence electrons. The number of amidine groups is 1. The molecule has 0 aliphatic carbocycles. The Hall–Kier alpha value is -3.29. The summed E-state index contributed by atoms with van der Waals surface area (Å²) < 4.78 is 31.6. The number of aliphatic imine (C=N–C) groups is 1. The summed E-state index contributed by atoms with van der Waals surface area (Å²) in [6, 6.07) is 11.9. The molecule has 1 aliphatic heterocycles. The second kappa shape index (κ2) is 9.02. The quantitative estimate of drug-likeness (QED) is 0.680. The molecule has 3 rings (SSSR count). The van der Waals surface area contributed by atoms with E-state index in [0.29, 0.717) is 12.3 Å². The van der Waals surface area contributed by atoms with Gasteiger partial charge in [0.05, 0.1) is 26.1 Å². The zero-order valence-electron chi connectivity index (χ0n) is 16.7. The van der Waals surface area contributed by atoms with E-state index in [4.69, 9.17) is 4.74 Å². The number of hydrogen-bond acceptors (Lipinski definition) is 5. The lowest BCUT2D eigenvalue weighted by atomic mass is 9.91. The molecule has 0 saturated heterocycles. The standard InChI is InChI=1S/C22H23F2N3O3/c1-14(26-19(28)10-16-8-17(23)11-18(24)9-16)20-25-13-22(27-20,21(29)30-2)12-15-6-4-3-5-7-15/h3-9,11,14H,10,12-13H2,1-2H3,(H,25,27)(H,26,28). The summed E-state index contributed by atoms with van der Waals surface area (Å²) in [6.45, 7) is 1.88. The summed E-state index contributed by atoms with van der Waals surface area (Å²) in [7, 11) is 1.32. The Morgan fingerprint density at radius 3 is 2.47 bits per heavy atom. The summed E-state index contributed by atoms with van der Waals surface area (Å²) in [4.78, 5) is 29.2. The molecule has 0 aromatic heterocycles. The summed E-state index contributed by atoms with van der Waals surface area (Å²) in [6.07, 6.45) is 0.190. The first-order valence-corrected chi connectivity index (χ1v) is 9.50. The molecular formula is C22H23F2N3O3. The van der Waals surface area contributed by atoms with Gasteiger partial charge in [-0.3, -0.25) is 9.79 Å². The minimum atomic E-state index is -1.06. The maximum absolute atomic E-state index is 13.3. The van der Waals surface area contributed by atoms with Gasteiger partial charge in [0, 0.05) is 12.5 Å². The van der Waals surface area contributed by atoms with E-state index >= 15 is 0 Å². The minimum absolute atomic E-state index is 0.166. The van der Waals surface area contributed by atoms with Crippen molar-refractivity contribution >= 4 is 17.7 Å². The Labute approximate surface area is 173 Å². The second-order valence-corrected chi connectivity index (χ2v) is 7.31. The lowest BCUT2D eigenvalue weighted by Gasteiger charge is -2.28. The van der Waals surface area contributed by atoms with Crippen LogP contribution in [-0.2, 0) is 27.2 Å². The fraction of sp³-hybridized carbons (Fsp3) is 0.318. The Morgan fingerprint density at radius 2 is 1.83 bits per heavy atom. The van der Waals surface area contributed by atoms with E-state index in [-0.39, 0.29) is 18.5 Å². The molecule has 0 saturated carbocycles. The number of esters is 1. The third-order valence-electron chi connectivity index (χ3n) is 4.89. The highest BCUT2D eigenvalue weighted by molar-refractivity contribution is 5.98. The van der Waals surface area contributed by atoms with E-state index < -0.39 is 35.1 Å². The van der Waals surface area contributed by atoms with Crippen LogP contribution in [0.4, 0.5) is 8.78 Å². The molecule has 2 unspecified atom stereocenters. The van der Waals surface area contributed by atoms with Crippen LogP contribution in [0.3, 0.4) is 0 Å². The Balaban J connectivity index is 1.65. The van der Waals surface area contributed by atoms with Gasteiger partial charge < -0.3 is 15.4 Å². The number of hydrogen-bond donors (Lipinski definition) is 2. The minimum Gasteiger partial charge on any atom is -0.467 e. The van der Waals surface area contributed by atoms with E-state index in [1.807, 2.05) is 30.3 Å². The summed E-state index contributed by atoms with van der Waals surface area (Å²) in [5.41, 5.74) is 0.110. The molecule has 2 aromatic rings. The van der Waals surface area contributed by atoms with Gasteiger partial charge in [-0.1, -0.05) is 30.3 Å². The number of carbonyl (C=O) groups is 2. The van der Waals surface area contributed by atoms with Gasteiger partial charge in [-0.2, -0.15) is 0 Å². The Kier molecular flexibility index (Phi) is 6.44. The Morgan fingerprint density at radius 1 is 1.17 bits per heavy atom. The van der Waals surface area contributed by atoms with Crippen LogP contribution in [0.1, 0.15) is 18.1 Å². The van der Waals surface area contributed by atoms with Gasteiger partial charge in [0.2, 0.25) is 5.91 Å². The predicted octanol–water partition coefficient (Wildman–Crippen LogP) is 2.17. The molecule has 8 heteroatoms. The number of benzene rings is 2. The molecular weight excluding hydrogens is 392 g/mol. The average Bonchev–Trinajstić information content (AvgIpc) is 3.12. The smallest absolute Gasteiger partial charge is 0.333 e. The largest absolute Gasteiger partial charge is 0.467 e. The molecule has 0 spiro atoms. The van der Waals surface area contributed by atoms with E-state index in [1.165, 1.54) is 7.11 Å². The first-order chi connectivity index (χ1) is 14.3. The number of halogens is 2. The number of nitrogens with zero attached hydrogens (tertiary/aromatic N) is 1. The van der Waals surface area contributed by atoms with E-state index in [2.05, 4.69) is 15.6 Å². The first kappa shape index (κ1) is 21.4. The average molecular weight is 415 g/mol. The van der Waals surface area contributed by atoms with Crippen molar-refractivity contribution in [1.29, 1.82) is 0 Å². The number of ether oxygens (including phenoxy) is 1. The monoisotopic (exact) mass is 415 g/mol. The van der Waals surface area contributed by atoms with Crippen LogP contribution in [0.15, 0.2) is 53.5 Å². The highest BCUT2D eigenvalue weighted by Crippen LogP contribution is 2.21. The van der Waals surface area contributed by atoms with Crippen molar-refractivity contribution in [2.24, 2.45) is 4.99 Å². The summed E-state index contributed by atoms with van der Waals surface area (Å²) >= 11 is 0. The van der Waals surface area contributed by atoms with Gasteiger partial charge >= 0.3 is 5.97 Å². The number of nitrogens with one attached hydrogen (secondary N) is 2. The molecule has 2 atom stereocenters. The maximum Gasteiger partial charge on any atom is 0.333 e. The number of methoxy groups -OCH3 is 1. The maximum atomic E-state index is 13.3. The van der Waals surface area contributed by atoms with Crippen LogP contribution in [0.2, 0.25) is 0 Å². The van der Waals surface area contributed by atoms with Crippen molar-refractivity contribution in [2.75, 3.05) is 13.7 Å². The molecule has 1 aliphatic rings. The molecule has 0 bridgehead atoms. The van der Waals surface area contributed by atoms with E-state index in [9.17, 15) is 18.4 Å². The highest BCUT2D eigenvalue weighted by atomic mass is 19.1. The van der Waals surface area contributed by atoms with Crippen molar-refractivity contribution in [3.8, 4) is 0 Å². The topological polar surface area (TPSA) is 79.8 Å². The second-order valence-electron chi connectivity index (χ2n) is 7.31. The van der Waals surface area contributed by atoms with Gasteiger partial charge in [-0.25, -0.2) is 13.6 Å². The summed E-state index contributed by atoms with van der Waals surface area (Å²) in [5, 5.41) is 5.87. The molecule has 1 amide bonds. The fourth-order valence-corrected chi connectivity index (χ4v) is 3.48. The van der Waals surface area contributed by atoms with Crippen LogP contribution in [0.5, 0.6) is 0 Å². The van der Waals surface area contributed by atoms with Crippen LogP contribution < -0.4 is 10.6 Å². The number of amides is 1. The molecule has 2 aromatic carbocycles. The SMILES string of the molecule is COC(=O)C1(Cc2ccccc2)CN=C(C(C)NC(=O)Cc2cc(F)cc(F)c2)N1. The van der Waals surface area contributed by atoms with Gasteiger partial charge in [-0.05, 0) is 30.2 Å². The highest BCUT2D eigenvalue weighted by Gasteiger charge is 2.45. The number of rotatable bonds is 7. The zero-order valence-corrected chi connectivity index (χ0v) is 16.7. The molecule has 2 N–H and O–H groups in total. The molecule has 30 heavy (non-hydrogen) atoms. The van der Waals surface area contributed by atoms with Crippen LogP contribution in [-0.4, -0.2) is 42.9 Å². The Bertz CT molecular complexity index is 945. The molecule has 0 fully saturated rings. The first-order valence-electron chi connectivity index (χ1n) is 9.50. The molecule has 0 radical (unpaired) electrons. The fourth-order valence-electron chi connectivity index (χ4n) is 3.48. The van der Waals surface area contributed by atoms with Crippen LogP contribution in [0, 0.1) is 11.6 Å². The van der Waals surface area contributed by atoms with Crippen molar-refractivity contribution in [3.05, 3.63) is 71.3 Å². The van der Waals surface area contributed by atoms with Crippen LogP contribution >= 0.6 is 0 Å². The number of carbonyl (C=O) groups excluding carboxylic acids is 2. The van der Waals surface area contributed by atoms with E-state index in [1.54, 1.807) is 6.92 Å². The zero-order chi connectivity index (χ0) is 21.7. The van der Waals surface area contributed by atoms with Gasteiger partial charge in [-0.15, -0.1) is 0 Å². The lowest BCUT2D eigenvalue weighted by Crippen LogP contribution is -2.57. The third-order valence-corrected chi connectivity index (χ3v) is 4.89. The van der Waals surface area contributed by atoms with Gasteiger partial charge in [0.25, 0.3) is 0 Å². The lowest BCUT2D eigenvalue weighted by molar-refractivity contribution is -0.147. The van der Waals surface area contributed by atoms with Crippen molar-refractivity contribution in [3.63, 3.8) is 0 Å². The van der Waals surface area contributed by atoms with E-state index in [0.717, 1.165) is 23.8 Å².